The van der Waals surface area contributed by atoms with Crippen LogP contribution in [0.25, 0.3) is 0 Å². The van der Waals surface area contributed by atoms with Gasteiger partial charge in [-0.2, -0.15) is 23.3 Å². The predicted octanol–water partition coefficient (Wildman–Crippen LogP) is 3.64. The molecule has 0 atom stereocenters. The van der Waals surface area contributed by atoms with Gasteiger partial charge in [-0.25, -0.2) is 0 Å². The summed E-state index contributed by atoms with van der Waals surface area (Å²) in [6, 6.07) is 8.79. The highest BCUT2D eigenvalue weighted by molar-refractivity contribution is 5.59. The van der Waals surface area contributed by atoms with Gasteiger partial charge >= 0.3 is 6.18 Å². The van der Waals surface area contributed by atoms with Crippen LogP contribution < -0.4 is 10.6 Å². The Bertz CT molecular complexity index is 839. The van der Waals surface area contributed by atoms with E-state index in [4.69, 9.17) is 0 Å². The van der Waals surface area contributed by atoms with E-state index in [-0.39, 0.29) is 11.6 Å². The van der Waals surface area contributed by atoms with Gasteiger partial charge in [0.05, 0.1) is 17.4 Å². The summed E-state index contributed by atoms with van der Waals surface area (Å²) in [5, 5.41) is 13.0. The molecule has 0 aliphatic rings. The molecule has 0 saturated carbocycles. The lowest BCUT2D eigenvalue weighted by atomic mass is 10.1. The maximum atomic E-state index is 13.0. The highest BCUT2D eigenvalue weighted by Crippen LogP contribution is 2.35. The third-order valence-corrected chi connectivity index (χ3v) is 3.23. The summed E-state index contributed by atoms with van der Waals surface area (Å²) in [5.41, 5.74) is -0.00781. The maximum absolute atomic E-state index is 13.0. The van der Waals surface area contributed by atoms with E-state index in [2.05, 4.69) is 30.8 Å². The zero-order chi connectivity index (χ0) is 17.7. The van der Waals surface area contributed by atoms with Gasteiger partial charge in [-0.15, -0.1) is 5.10 Å². The van der Waals surface area contributed by atoms with E-state index in [1.165, 1.54) is 24.4 Å². The van der Waals surface area contributed by atoms with Crippen molar-refractivity contribution in [2.45, 2.75) is 12.7 Å². The van der Waals surface area contributed by atoms with Crippen LogP contribution in [0, 0.1) is 0 Å². The minimum atomic E-state index is -4.48. The first-order chi connectivity index (χ1) is 12.0. The fourth-order valence-corrected chi connectivity index (χ4v) is 2.10. The average molecular weight is 346 g/mol. The number of hydrogen-bond donors (Lipinski definition) is 2. The van der Waals surface area contributed by atoms with Gasteiger partial charge in [-0.1, -0.05) is 18.2 Å². The Morgan fingerprint density at radius 3 is 2.60 bits per heavy atom. The Morgan fingerprint density at radius 2 is 1.84 bits per heavy atom. The minimum Gasteiger partial charge on any atom is -0.364 e. The number of hydrogen-bond acceptors (Lipinski definition) is 6. The first kappa shape index (κ1) is 16.6. The topological polar surface area (TPSA) is 75.6 Å². The fraction of sp³-hybridized carbons (Fsp3) is 0.125. The van der Waals surface area contributed by atoms with E-state index in [1.54, 1.807) is 18.5 Å². The maximum Gasteiger partial charge on any atom is 0.418 e. The van der Waals surface area contributed by atoms with Gasteiger partial charge in [-0.3, -0.25) is 4.98 Å². The van der Waals surface area contributed by atoms with Crippen molar-refractivity contribution in [1.82, 2.24) is 20.2 Å². The lowest BCUT2D eigenvalue weighted by Crippen LogP contribution is -2.10. The van der Waals surface area contributed by atoms with Crippen molar-refractivity contribution in [1.29, 1.82) is 0 Å². The largest absolute Gasteiger partial charge is 0.418 e. The number of halogens is 3. The highest BCUT2D eigenvalue weighted by Gasteiger charge is 2.33. The molecule has 0 radical (unpaired) electrons. The first-order valence-electron chi connectivity index (χ1n) is 7.28. The Balaban J connectivity index is 1.74. The molecule has 2 N–H and O–H groups in total. The van der Waals surface area contributed by atoms with E-state index < -0.39 is 11.7 Å². The summed E-state index contributed by atoms with van der Waals surface area (Å²) in [4.78, 5) is 8.12. The molecule has 0 unspecified atom stereocenters. The van der Waals surface area contributed by atoms with Crippen molar-refractivity contribution in [2.75, 3.05) is 10.6 Å². The van der Waals surface area contributed by atoms with Gasteiger partial charge in [0.1, 0.15) is 0 Å². The van der Waals surface area contributed by atoms with Crippen LogP contribution in [0.4, 0.5) is 30.6 Å². The molecular weight excluding hydrogens is 333 g/mol. The second-order valence-electron chi connectivity index (χ2n) is 5.05. The average Bonchev–Trinajstić information content (AvgIpc) is 2.61. The number of pyridine rings is 1. The SMILES string of the molecule is FC(F)(F)c1ccccc1Nc1nncc(NCc2cccnc2)n1. The molecule has 128 valence electrons. The lowest BCUT2D eigenvalue weighted by molar-refractivity contribution is -0.136. The van der Waals surface area contributed by atoms with Crippen molar-refractivity contribution >= 4 is 17.5 Å². The molecule has 3 aromatic rings. The van der Waals surface area contributed by atoms with Crippen molar-refractivity contribution in [3.63, 3.8) is 0 Å². The van der Waals surface area contributed by atoms with Gasteiger partial charge in [0, 0.05) is 18.9 Å². The Morgan fingerprint density at radius 1 is 1.00 bits per heavy atom. The van der Waals surface area contributed by atoms with E-state index in [1.807, 2.05) is 6.07 Å². The number of nitrogens with one attached hydrogen (secondary N) is 2. The molecule has 0 fully saturated rings. The summed E-state index contributed by atoms with van der Waals surface area (Å²) in [5.74, 6) is 0.346. The first-order valence-corrected chi connectivity index (χ1v) is 7.28. The molecule has 0 bridgehead atoms. The molecule has 0 spiro atoms. The number of alkyl halides is 3. The van der Waals surface area contributed by atoms with Crippen molar-refractivity contribution < 1.29 is 13.2 Å². The van der Waals surface area contributed by atoms with Gasteiger partial charge in [-0.05, 0) is 23.8 Å². The van der Waals surface area contributed by atoms with E-state index in [0.29, 0.717) is 12.4 Å². The number of para-hydroxylation sites is 1. The van der Waals surface area contributed by atoms with Crippen molar-refractivity contribution in [2.24, 2.45) is 0 Å². The van der Waals surface area contributed by atoms with Crippen LogP contribution in [-0.2, 0) is 12.7 Å². The number of rotatable bonds is 5. The third-order valence-electron chi connectivity index (χ3n) is 3.23. The molecule has 0 amide bonds. The van der Waals surface area contributed by atoms with Crippen LogP contribution in [0.15, 0.2) is 55.0 Å². The van der Waals surface area contributed by atoms with Crippen LogP contribution in [-0.4, -0.2) is 20.2 Å². The molecule has 1 aromatic carbocycles. The second-order valence-corrected chi connectivity index (χ2v) is 5.05. The Kier molecular flexibility index (Phi) is 4.73. The van der Waals surface area contributed by atoms with Crippen molar-refractivity contribution in [3.8, 4) is 0 Å². The monoisotopic (exact) mass is 346 g/mol. The predicted molar refractivity (Wildman–Crippen MR) is 86.1 cm³/mol. The number of aromatic nitrogens is 4. The minimum absolute atomic E-state index is 0.0344. The molecular formula is C16H13F3N6. The normalized spacial score (nSPS) is 11.2. The smallest absolute Gasteiger partial charge is 0.364 e. The summed E-state index contributed by atoms with van der Waals surface area (Å²) in [7, 11) is 0. The van der Waals surface area contributed by atoms with Crippen LogP contribution >= 0.6 is 0 Å². The molecule has 0 aliphatic heterocycles. The summed E-state index contributed by atoms with van der Waals surface area (Å²) in [6.45, 7) is 0.450. The highest BCUT2D eigenvalue weighted by atomic mass is 19.4. The number of nitrogens with zero attached hydrogens (tertiary/aromatic N) is 4. The molecule has 0 aliphatic carbocycles. The van der Waals surface area contributed by atoms with Crippen LogP contribution in [0.1, 0.15) is 11.1 Å². The zero-order valence-corrected chi connectivity index (χ0v) is 12.8. The standard InChI is InChI=1S/C16H13F3N6/c17-16(18,19)12-5-1-2-6-13(12)23-15-24-14(10-22-25-15)21-9-11-4-3-7-20-8-11/h1-8,10H,9H2,(H2,21,23,24,25). The van der Waals surface area contributed by atoms with E-state index in [9.17, 15) is 13.2 Å². The number of benzene rings is 1. The summed E-state index contributed by atoms with van der Waals surface area (Å²) >= 11 is 0. The summed E-state index contributed by atoms with van der Waals surface area (Å²) in [6.07, 6.45) is 0.265. The quantitative estimate of drug-likeness (QED) is 0.735. The van der Waals surface area contributed by atoms with Crippen molar-refractivity contribution in [3.05, 3.63) is 66.1 Å². The van der Waals surface area contributed by atoms with Gasteiger partial charge in [0.2, 0.25) is 5.95 Å². The van der Waals surface area contributed by atoms with Gasteiger partial charge < -0.3 is 10.6 Å². The van der Waals surface area contributed by atoms with Crippen LogP contribution in [0.2, 0.25) is 0 Å². The second kappa shape index (κ2) is 7.12. The third kappa shape index (κ3) is 4.40. The molecule has 2 heterocycles. The van der Waals surface area contributed by atoms with Crippen LogP contribution in [0.3, 0.4) is 0 Å². The lowest BCUT2D eigenvalue weighted by Gasteiger charge is -2.13. The van der Waals surface area contributed by atoms with Crippen LogP contribution in [0.5, 0.6) is 0 Å². The molecule has 0 saturated heterocycles. The van der Waals surface area contributed by atoms with Gasteiger partial charge in [0.25, 0.3) is 0 Å². The fourth-order valence-electron chi connectivity index (χ4n) is 2.10. The molecule has 2 aromatic heterocycles. The Labute approximate surface area is 141 Å². The summed E-state index contributed by atoms with van der Waals surface area (Å²) < 4.78 is 39.1. The van der Waals surface area contributed by atoms with E-state index >= 15 is 0 Å². The molecule has 9 heteroatoms. The Hall–Kier alpha value is -3.23. The number of anilines is 3. The molecule has 25 heavy (non-hydrogen) atoms. The molecule has 6 nitrogen and oxygen atoms in total. The van der Waals surface area contributed by atoms with Gasteiger partial charge in [0.15, 0.2) is 5.82 Å². The molecule has 3 rings (SSSR count). The zero-order valence-electron chi connectivity index (χ0n) is 12.8. The van der Waals surface area contributed by atoms with E-state index in [0.717, 1.165) is 11.6 Å².